The molecule has 1 heterocycles. The van der Waals surface area contributed by atoms with E-state index in [2.05, 4.69) is 50.4 Å². The van der Waals surface area contributed by atoms with Crippen LogP contribution in [-0.2, 0) is 38.4 Å². The molecule has 0 radical (unpaired) electrons. The van der Waals surface area contributed by atoms with Gasteiger partial charge in [-0.25, -0.2) is 0 Å². The fraction of sp³-hybridized carbons (Fsp3) is 0.389. The fourth-order valence-corrected chi connectivity index (χ4v) is 5.52. The second kappa shape index (κ2) is 17.8. The molecular weight excluding hydrogens is 596 g/mol. The summed E-state index contributed by atoms with van der Waals surface area (Å²) in [6.45, 7) is 3.87. The van der Waals surface area contributed by atoms with Crippen LogP contribution in [0.2, 0.25) is 0 Å². The zero-order valence-corrected chi connectivity index (χ0v) is 26.9. The van der Waals surface area contributed by atoms with E-state index in [4.69, 9.17) is 5.73 Å². The first-order chi connectivity index (χ1) is 22.7. The maximum absolute atomic E-state index is 13.4. The number of amides is 4. The normalized spacial score (nSPS) is 15.5. The third-order valence-electron chi connectivity index (χ3n) is 8.33. The molecule has 250 valence electrons. The van der Waals surface area contributed by atoms with Crippen LogP contribution in [0.3, 0.4) is 0 Å². The van der Waals surface area contributed by atoms with Gasteiger partial charge in [0.1, 0.15) is 17.8 Å². The molecule has 1 aliphatic rings. The summed E-state index contributed by atoms with van der Waals surface area (Å²) in [6, 6.07) is 23.5. The first kappa shape index (κ1) is 35.1. The van der Waals surface area contributed by atoms with Gasteiger partial charge >= 0.3 is 0 Å². The van der Waals surface area contributed by atoms with Crippen molar-refractivity contribution in [2.75, 3.05) is 26.2 Å². The molecule has 3 aromatic carbocycles. The zero-order valence-electron chi connectivity index (χ0n) is 26.9. The molecule has 3 atom stereocenters. The van der Waals surface area contributed by atoms with Gasteiger partial charge in [0.2, 0.25) is 23.6 Å². The van der Waals surface area contributed by atoms with Gasteiger partial charge < -0.3 is 37.0 Å². The number of likely N-dealkylation sites (tertiary alicyclic amines) is 1. The Hall–Kier alpha value is -4.74. The molecule has 11 nitrogen and oxygen atoms in total. The minimum atomic E-state index is -0.942. The third-order valence-corrected chi connectivity index (χ3v) is 8.33. The number of piperidine rings is 1. The summed E-state index contributed by atoms with van der Waals surface area (Å²) >= 11 is 0. The number of hydrogen-bond donors (Lipinski definition) is 6. The van der Waals surface area contributed by atoms with Gasteiger partial charge in [-0.2, -0.15) is 0 Å². The van der Waals surface area contributed by atoms with E-state index in [-0.39, 0.29) is 30.7 Å². The van der Waals surface area contributed by atoms with Gasteiger partial charge in [0.25, 0.3) is 0 Å². The number of nitrogens with one attached hydrogen (secondary N) is 4. The summed E-state index contributed by atoms with van der Waals surface area (Å²) in [5.41, 5.74) is 8.97. The summed E-state index contributed by atoms with van der Waals surface area (Å²) in [4.78, 5) is 54.0. The highest BCUT2D eigenvalue weighted by Gasteiger charge is 2.27. The second-order valence-corrected chi connectivity index (χ2v) is 12.1. The molecule has 0 saturated carbocycles. The molecule has 7 N–H and O–H groups in total. The topological polar surface area (TPSA) is 166 Å². The van der Waals surface area contributed by atoms with Crippen LogP contribution in [0.15, 0.2) is 84.9 Å². The summed E-state index contributed by atoms with van der Waals surface area (Å²) in [5.74, 6) is -1.76. The van der Waals surface area contributed by atoms with Crippen LogP contribution in [0.25, 0.3) is 0 Å². The van der Waals surface area contributed by atoms with Crippen molar-refractivity contribution < 1.29 is 24.3 Å². The van der Waals surface area contributed by atoms with Crippen molar-refractivity contribution in [2.24, 2.45) is 5.73 Å². The van der Waals surface area contributed by atoms with E-state index < -0.39 is 35.8 Å². The number of carbonyl (C=O) groups is 4. The lowest BCUT2D eigenvalue weighted by Gasteiger charge is -2.33. The predicted molar refractivity (Wildman–Crippen MR) is 180 cm³/mol. The third kappa shape index (κ3) is 11.8. The highest BCUT2D eigenvalue weighted by Crippen LogP contribution is 2.13. The molecule has 1 fully saturated rings. The summed E-state index contributed by atoms with van der Waals surface area (Å²) in [5, 5.41) is 20.4. The van der Waals surface area contributed by atoms with Gasteiger partial charge in [-0.3, -0.25) is 19.2 Å². The van der Waals surface area contributed by atoms with E-state index in [1.54, 1.807) is 12.1 Å². The van der Waals surface area contributed by atoms with E-state index in [9.17, 15) is 24.3 Å². The van der Waals surface area contributed by atoms with Gasteiger partial charge in [0.15, 0.2) is 0 Å². The minimum Gasteiger partial charge on any atom is -0.508 e. The molecule has 47 heavy (non-hydrogen) atoms. The van der Waals surface area contributed by atoms with Crippen molar-refractivity contribution in [3.05, 3.63) is 102 Å². The number of nitrogens with two attached hydrogens (primary N) is 1. The van der Waals surface area contributed by atoms with Crippen LogP contribution >= 0.6 is 0 Å². The minimum absolute atomic E-state index is 0.00947. The quantitative estimate of drug-likeness (QED) is 0.146. The van der Waals surface area contributed by atoms with Crippen LogP contribution < -0.4 is 27.0 Å². The molecule has 0 aromatic heterocycles. The van der Waals surface area contributed by atoms with Gasteiger partial charge in [-0.15, -0.1) is 0 Å². The van der Waals surface area contributed by atoms with E-state index in [0.29, 0.717) is 6.42 Å². The average molecular weight is 643 g/mol. The lowest BCUT2D eigenvalue weighted by atomic mass is 10.0. The predicted octanol–water partition coefficient (Wildman–Crippen LogP) is 1.43. The lowest BCUT2D eigenvalue weighted by Crippen LogP contribution is -2.55. The number of benzene rings is 3. The molecule has 0 bridgehead atoms. The molecule has 3 aromatic rings. The smallest absolute Gasteiger partial charge is 0.243 e. The summed E-state index contributed by atoms with van der Waals surface area (Å²) in [6.07, 6.45) is 3.16. The van der Waals surface area contributed by atoms with Crippen LogP contribution in [0.4, 0.5) is 0 Å². The Morgan fingerprint density at radius 2 is 1.38 bits per heavy atom. The highest BCUT2D eigenvalue weighted by molar-refractivity contribution is 5.93. The molecular formula is C36H46N6O5. The fourth-order valence-electron chi connectivity index (χ4n) is 5.52. The van der Waals surface area contributed by atoms with Crippen LogP contribution in [-0.4, -0.2) is 84.0 Å². The lowest BCUT2D eigenvalue weighted by molar-refractivity contribution is -0.131. The Balaban J connectivity index is 1.23. The number of rotatable bonds is 15. The van der Waals surface area contributed by atoms with Gasteiger partial charge in [0.05, 0.1) is 12.6 Å². The van der Waals surface area contributed by atoms with Crippen molar-refractivity contribution in [2.45, 2.75) is 63.2 Å². The van der Waals surface area contributed by atoms with Crippen LogP contribution in [0.1, 0.15) is 36.5 Å². The Morgan fingerprint density at radius 3 is 2.02 bits per heavy atom. The molecule has 4 amide bonds. The maximum atomic E-state index is 13.4. The summed E-state index contributed by atoms with van der Waals surface area (Å²) < 4.78 is 0. The molecule has 4 rings (SSSR count). The van der Waals surface area contributed by atoms with Crippen molar-refractivity contribution in [1.29, 1.82) is 0 Å². The van der Waals surface area contributed by atoms with Crippen molar-refractivity contribution in [3.63, 3.8) is 0 Å². The molecule has 0 unspecified atom stereocenters. The van der Waals surface area contributed by atoms with Gasteiger partial charge in [0, 0.05) is 32.1 Å². The average Bonchev–Trinajstić information content (AvgIpc) is 3.08. The Kier molecular flexibility index (Phi) is 13.3. The van der Waals surface area contributed by atoms with E-state index >= 15 is 0 Å². The number of hydrogen-bond acceptors (Lipinski definition) is 7. The van der Waals surface area contributed by atoms with Crippen molar-refractivity contribution >= 4 is 23.6 Å². The van der Waals surface area contributed by atoms with E-state index in [1.807, 2.05) is 36.4 Å². The number of phenolic OH excluding ortho intramolecular Hbond substituents is 1. The van der Waals surface area contributed by atoms with E-state index in [0.717, 1.165) is 50.0 Å². The molecule has 1 saturated heterocycles. The standard InChI is InChI=1S/C36H46N6O5/c1-25(39-35(46)31(37)22-28-12-14-30(43)15-13-28)34(45)38-24-33(44)41-32(23-27-10-6-3-7-11-27)36(47)40-29-17-20-42(21-18-29)19-16-26-8-4-2-5-9-26/h2-15,25,29,31-32,43H,16-24,37H2,1H3,(H,38,45)(H,39,46)(H,40,47)(H,41,44)/t25-,31+,32+/m1/s1. The summed E-state index contributed by atoms with van der Waals surface area (Å²) in [7, 11) is 0. The first-order valence-corrected chi connectivity index (χ1v) is 16.2. The van der Waals surface area contributed by atoms with Gasteiger partial charge in [-0.05, 0) is 61.4 Å². The van der Waals surface area contributed by atoms with Crippen LogP contribution in [0, 0.1) is 0 Å². The Labute approximate surface area is 276 Å². The molecule has 1 aliphatic heterocycles. The van der Waals surface area contributed by atoms with Gasteiger partial charge in [-0.1, -0.05) is 72.8 Å². The van der Waals surface area contributed by atoms with Crippen molar-refractivity contribution in [3.8, 4) is 5.75 Å². The Bertz CT molecular complexity index is 1450. The number of carbonyl (C=O) groups excluding carboxylic acids is 4. The number of phenols is 1. The largest absolute Gasteiger partial charge is 0.508 e. The van der Waals surface area contributed by atoms with Crippen LogP contribution in [0.5, 0.6) is 5.75 Å². The van der Waals surface area contributed by atoms with Crippen molar-refractivity contribution in [1.82, 2.24) is 26.2 Å². The monoisotopic (exact) mass is 642 g/mol. The SMILES string of the molecule is C[C@@H](NC(=O)[C@@H](N)Cc1ccc(O)cc1)C(=O)NCC(=O)N[C@@H](Cc1ccccc1)C(=O)NC1CCN(CCc2ccccc2)CC1. The van der Waals surface area contributed by atoms with E-state index in [1.165, 1.54) is 24.6 Å². The first-order valence-electron chi connectivity index (χ1n) is 16.2. The molecule has 11 heteroatoms. The molecule has 0 aliphatic carbocycles. The zero-order chi connectivity index (χ0) is 33.6. The molecule has 0 spiro atoms. The second-order valence-electron chi connectivity index (χ2n) is 12.1. The highest BCUT2D eigenvalue weighted by atomic mass is 16.3. The number of nitrogens with zero attached hydrogens (tertiary/aromatic N) is 1. The Morgan fingerprint density at radius 1 is 0.787 bits per heavy atom. The maximum Gasteiger partial charge on any atom is 0.243 e. The number of aromatic hydroxyl groups is 1.